The molecule has 0 atom stereocenters. The van der Waals surface area contributed by atoms with Crippen LogP contribution in [0.1, 0.15) is 45.1 Å². The van der Waals surface area contributed by atoms with Gasteiger partial charge in [-0.2, -0.15) is 0 Å². The number of carbonyl (C=O) groups excluding carboxylic acids is 2. The Balaban J connectivity index is 1.22. The Morgan fingerprint density at radius 2 is 1.64 bits per heavy atom. The summed E-state index contributed by atoms with van der Waals surface area (Å²) in [4.78, 5) is 43.8. The van der Waals surface area contributed by atoms with Gasteiger partial charge in [-0.1, -0.05) is 23.2 Å². The molecular formula is C34H43Cl2N7O4. The quantitative estimate of drug-likeness (QED) is 0.233. The third-order valence-electron chi connectivity index (χ3n) is 8.43. The lowest BCUT2D eigenvalue weighted by Crippen LogP contribution is -2.47. The first-order chi connectivity index (χ1) is 22.7. The highest BCUT2D eigenvalue weighted by molar-refractivity contribution is 6.35. The molecule has 5 rings (SSSR count). The van der Waals surface area contributed by atoms with E-state index in [1.165, 1.54) is 0 Å². The summed E-state index contributed by atoms with van der Waals surface area (Å²) in [6.45, 7) is 11.4. The largest absolute Gasteiger partial charge is 0.466 e. The van der Waals surface area contributed by atoms with Crippen LogP contribution in [0, 0.1) is 5.92 Å². The van der Waals surface area contributed by atoms with Gasteiger partial charge in [-0.05, 0) is 81.6 Å². The lowest BCUT2D eigenvalue weighted by molar-refractivity contribution is -0.143. The normalized spacial score (nSPS) is 16.2. The number of aromatic nitrogens is 3. The Bertz CT molecular complexity index is 1470. The number of anilines is 1. The van der Waals surface area contributed by atoms with Crippen molar-refractivity contribution in [3.63, 3.8) is 0 Å². The summed E-state index contributed by atoms with van der Waals surface area (Å²) in [5.74, 6) is 1.95. The smallest absolute Gasteiger partial charge is 0.305 e. The van der Waals surface area contributed by atoms with Gasteiger partial charge in [-0.25, -0.2) is 15.0 Å². The molecule has 1 amide bonds. The maximum atomic E-state index is 11.6. The van der Waals surface area contributed by atoms with Crippen LogP contribution in [0.3, 0.4) is 0 Å². The molecule has 0 bridgehead atoms. The zero-order chi connectivity index (χ0) is 33.2. The molecule has 2 aliphatic heterocycles. The number of hydrogen-bond donors (Lipinski definition) is 1. The van der Waals surface area contributed by atoms with Crippen molar-refractivity contribution in [1.82, 2.24) is 30.1 Å². The number of piperazine rings is 1. The Labute approximate surface area is 286 Å². The van der Waals surface area contributed by atoms with Crippen LogP contribution < -0.4 is 15.0 Å². The molecule has 3 aromatic rings. The summed E-state index contributed by atoms with van der Waals surface area (Å²) in [5, 5.41) is 4.01. The molecule has 0 radical (unpaired) electrons. The molecule has 0 unspecified atom stereocenters. The second-order valence-electron chi connectivity index (χ2n) is 12.1. The third-order valence-corrected chi connectivity index (χ3v) is 8.86. The summed E-state index contributed by atoms with van der Waals surface area (Å²) in [7, 11) is 0. The average molecular weight is 685 g/mol. The van der Waals surface area contributed by atoms with Gasteiger partial charge in [0.1, 0.15) is 0 Å². The van der Waals surface area contributed by atoms with Gasteiger partial charge in [-0.15, -0.1) is 0 Å². The molecule has 0 spiro atoms. The van der Waals surface area contributed by atoms with Gasteiger partial charge in [0.2, 0.25) is 17.7 Å². The number of pyridine rings is 1. The standard InChI is InChI=1S/C34H43Cl2N7O4/c1-3-46-33(45)5-4-8-41-11-13-43(14-12-41)34-38-21-30(22-39-34)47-32-16-26(15-31(40-32)27-17-28(35)19-29(36)18-27)23-42-9-6-25(7-10-42)20-37-24(2)44/h15-19,21-22,25H,3-14,20,23H2,1-2H3,(H,37,44). The Morgan fingerprint density at radius 3 is 2.30 bits per heavy atom. The van der Waals surface area contributed by atoms with E-state index in [1.54, 1.807) is 25.4 Å². The molecule has 2 aromatic heterocycles. The average Bonchev–Trinajstić information content (AvgIpc) is 3.05. The number of esters is 1. The number of hydrogen-bond acceptors (Lipinski definition) is 10. The molecule has 0 saturated carbocycles. The van der Waals surface area contributed by atoms with Crippen molar-refractivity contribution < 1.29 is 19.1 Å². The second kappa shape index (κ2) is 17.1. The SMILES string of the molecule is CCOC(=O)CCCN1CCN(c2ncc(Oc3cc(CN4CCC(CNC(C)=O)CC4)cc(-c4cc(Cl)cc(Cl)c4)n3)cn2)CC1. The molecule has 4 heterocycles. The summed E-state index contributed by atoms with van der Waals surface area (Å²) in [5.41, 5.74) is 2.56. The molecule has 1 aromatic carbocycles. The zero-order valence-electron chi connectivity index (χ0n) is 27.1. The van der Waals surface area contributed by atoms with Gasteiger partial charge < -0.3 is 19.7 Å². The number of halogens is 2. The number of carbonyl (C=O) groups is 2. The number of amides is 1. The lowest BCUT2D eigenvalue weighted by Gasteiger charge is -2.34. The predicted octanol–water partition coefficient (Wildman–Crippen LogP) is 5.45. The molecule has 2 fully saturated rings. The molecule has 252 valence electrons. The van der Waals surface area contributed by atoms with Crippen molar-refractivity contribution in [2.75, 3.05) is 63.9 Å². The van der Waals surface area contributed by atoms with Crippen LogP contribution >= 0.6 is 23.2 Å². The Hall–Kier alpha value is -3.51. The van der Waals surface area contributed by atoms with Crippen molar-refractivity contribution in [3.05, 3.63) is 58.3 Å². The van der Waals surface area contributed by atoms with Crippen LogP contribution in [0.15, 0.2) is 42.7 Å². The molecule has 0 aliphatic carbocycles. The maximum absolute atomic E-state index is 11.6. The fourth-order valence-corrected chi connectivity index (χ4v) is 6.47. The maximum Gasteiger partial charge on any atom is 0.305 e. The number of piperidine rings is 1. The summed E-state index contributed by atoms with van der Waals surface area (Å²) in [6.07, 6.45) is 6.65. The van der Waals surface area contributed by atoms with Crippen molar-refractivity contribution in [2.45, 2.75) is 46.1 Å². The lowest BCUT2D eigenvalue weighted by atomic mass is 9.96. The van der Waals surface area contributed by atoms with E-state index in [0.717, 1.165) is 89.3 Å². The third kappa shape index (κ3) is 10.8. The van der Waals surface area contributed by atoms with E-state index >= 15 is 0 Å². The first-order valence-corrected chi connectivity index (χ1v) is 17.1. The minimum atomic E-state index is -0.134. The summed E-state index contributed by atoms with van der Waals surface area (Å²) < 4.78 is 11.2. The van der Waals surface area contributed by atoms with Crippen molar-refractivity contribution in [2.24, 2.45) is 5.92 Å². The summed E-state index contributed by atoms with van der Waals surface area (Å²) in [6, 6.07) is 9.39. The number of rotatable bonds is 13. The Kier molecular flexibility index (Phi) is 12.6. The number of likely N-dealkylation sites (tertiary alicyclic amines) is 1. The highest BCUT2D eigenvalue weighted by Gasteiger charge is 2.21. The van der Waals surface area contributed by atoms with Crippen LogP contribution in [0.2, 0.25) is 10.0 Å². The molecule has 2 aliphatic rings. The van der Waals surface area contributed by atoms with Crippen molar-refractivity contribution in [1.29, 1.82) is 0 Å². The van der Waals surface area contributed by atoms with Gasteiger partial charge in [0.05, 0.1) is 24.7 Å². The first kappa shape index (κ1) is 34.8. The van der Waals surface area contributed by atoms with E-state index in [1.807, 2.05) is 31.2 Å². The minimum absolute atomic E-state index is 0.0177. The van der Waals surface area contributed by atoms with Crippen molar-refractivity contribution >= 4 is 41.0 Å². The van der Waals surface area contributed by atoms with E-state index in [-0.39, 0.29) is 11.9 Å². The van der Waals surface area contributed by atoms with E-state index in [9.17, 15) is 9.59 Å². The molecule has 47 heavy (non-hydrogen) atoms. The monoisotopic (exact) mass is 683 g/mol. The van der Waals surface area contributed by atoms with Gasteiger partial charge in [0.15, 0.2) is 5.75 Å². The van der Waals surface area contributed by atoms with Crippen LogP contribution in [0.4, 0.5) is 5.95 Å². The van der Waals surface area contributed by atoms with Crippen molar-refractivity contribution in [3.8, 4) is 22.9 Å². The predicted molar refractivity (Wildman–Crippen MR) is 183 cm³/mol. The topological polar surface area (TPSA) is 113 Å². The molecule has 13 heteroatoms. The van der Waals surface area contributed by atoms with E-state index in [4.69, 9.17) is 37.7 Å². The highest BCUT2D eigenvalue weighted by atomic mass is 35.5. The second-order valence-corrected chi connectivity index (χ2v) is 12.9. The molecule has 11 nitrogen and oxygen atoms in total. The fourth-order valence-electron chi connectivity index (χ4n) is 5.95. The van der Waals surface area contributed by atoms with E-state index in [0.29, 0.717) is 52.3 Å². The molecule has 2 saturated heterocycles. The van der Waals surface area contributed by atoms with Gasteiger partial charge >= 0.3 is 5.97 Å². The number of nitrogens with zero attached hydrogens (tertiary/aromatic N) is 6. The van der Waals surface area contributed by atoms with Gasteiger partial charge in [-0.3, -0.25) is 19.4 Å². The van der Waals surface area contributed by atoms with Crippen LogP contribution in [0.5, 0.6) is 11.6 Å². The van der Waals surface area contributed by atoms with E-state index < -0.39 is 0 Å². The van der Waals surface area contributed by atoms with Gasteiger partial charge in [0.25, 0.3) is 0 Å². The highest BCUT2D eigenvalue weighted by Crippen LogP contribution is 2.31. The van der Waals surface area contributed by atoms with E-state index in [2.05, 4.69) is 30.0 Å². The molecular weight excluding hydrogens is 641 g/mol. The zero-order valence-corrected chi connectivity index (χ0v) is 28.6. The number of ether oxygens (including phenoxy) is 2. The molecule has 1 N–H and O–H groups in total. The number of nitrogens with one attached hydrogen (secondary N) is 1. The minimum Gasteiger partial charge on any atom is -0.466 e. The van der Waals surface area contributed by atoms with Crippen LogP contribution in [0.25, 0.3) is 11.3 Å². The summed E-state index contributed by atoms with van der Waals surface area (Å²) >= 11 is 12.7. The van der Waals surface area contributed by atoms with Crippen LogP contribution in [-0.2, 0) is 20.9 Å². The number of benzene rings is 1. The fraction of sp³-hybridized carbons (Fsp3) is 0.500. The Morgan fingerprint density at radius 1 is 0.936 bits per heavy atom. The van der Waals surface area contributed by atoms with Gasteiger partial charge in [0, 0.05) is 74.3 Å². The first-order valence-electron chi connectivity index (χ1n) is 16.3. The van der Waals surface area contributed by atoms with Crippen LogP contribution in [-0.4, -0.2) is 95.6 Å².